The van der Waals surface area contributed by atoms with Gasteiger partial charge in [0.25, 0.3) is 0 Å². The van der Waals surface area contributed by atoms with Gasteiger partial charge in [-0.25, -0.2) is 0 Å². The summed E-state index contributed by atoms with van der Waals surface area (Å²) >= 11 is 0. The Labute approximate surface area is 125 Å². The van der Waals surface area contributed by atoms with E-state index >= 15 is 0 Å². The van der Waals surface area contributed by atoms with Gasteiger partial charge in [0, 0.05) is 12.7 Å². The second-order valence-corrected chi connectivity index (χ2v) is 5.03. The van der Waals surface area contributed by atoms with Crippen LogP contribution in [0.4, 0.5) is 5.69 Å². The number of carbonyl (C=O) groups is 2. The Morgan fingerprint density at radius 3 is 2.71 bits per heavy atom. The number of nitrogens with zero attached hydrogens (tertiary/aromatic N) is 1. The Kier molecular flexibility index (Phi) is 5.96. The van der Waals surface area contributed by atoms with Crippen LogP contribution in [0.3, 0.4) is 0 Å². The number of phenolic OH excluding ortho intramolecular Hbond substituents is 1. The number of amides is 2. The van der Waals surface area contributed by atoms with E-state index in [0.717, 1.165) is 18.1 Å². The van der Waals surface area contributed by atoms with Crippen LogP contribution in [0.5, 0.6) is 5.75 Å². The minimum absolute atomic E-state index is 0.0512. The van der Waals surface area contributed by atoms with E-state index in [1.54, 1.807) is 18.2 Å². The summed E-state index contributed by atoms with van der Waals surface area (Å²) in [5.41, 5.74) is 1.40. The third-order valence-electron chi connectivity index (χ3n) is 3.39. The van der Waals surface area contributed by atoms with Gasteiger partial charge in [0.2, 0.25) is 11.8 Å². The average molecular weight is 290 g/mol. The minimum atomic E-state index is -0.309. The number of likely N-dealkylation sites (N-methyl/N-ethyl adjacent to an activating group) is 1. The molecular weight excluding hydrogens is 268 g/mol. The molecule has 0 radical (unpaired) electrons. The molecule has 1 atom stereocenters. The minimum Gasteiger partial charge on any atom is -0.508 e. The highest BCUT2D eigenvalue weighted by molar-refractivity contribution is 5.96. The van der Waals surface area contributed by atoms with Gasteiger partial charge in [-0.15, -0.1) is 0 Å². The van der Waals surface area contributed by atoms with Crippen LogP contribution in [-0.2, 0) is 9.59 Å². The van der Waals surface area contributed by atoms with Gasteiger partial charge in [-0.2, -0.15) is 0 Å². The van der Waals surface area contributed by atoms with Crippen LogP contribution in [0.15, 0.2) is 30.9 Å². The van der Waals surface area contributed by atoms with Crippen molar-refractivity contribution in [3.8, 4) is 5.75 Å². The number of benzene rings is 1. The molecule has 2 amide bonds. The van der Waals surface area contributed by atoms with Gasteiger partial charge in [0.15, 0.2) is 0 Å². The third-order valence-corrected chi connectivity index (χ3v) is 3.39. The van der Waals surface area contributed by atoms with Gasteiger partial charge in [0.1, 0.15) is 5.75 Å². The van der Waals surface area contributed by atoms with E-state index in [4.69, 9.17) is 0 Å². The molecule has 114 valence electrons. The largest absolute Gasteiger partial charge is 0.508 e. The highest BCUT2D eigenvalue weighted by Crippen LogP contribution is 2.30. The first-order chi connectivity index (χ1) is 9.88. The third kappa shape index (κ3) is 4.63. The SMILES string of the molecule is C=CC(=O)N(C)CC(=O)Nc1ccc(O)c(C(C)CC)c1. The maximum absolute atomic E-state index is 11.9. The van der Waals surface area contributed by atoms with Crippen molar-refractivity contribution >= 4 is 17.5 Å². The molecule has 2 N–H and O–H groups in total. The predicted molar refractivity (Wildman–Crippen MR) is 83.3 cm³/mol. The van der Waals surface area contributed by atoms with E-state index in [1.165, 1.54) is 11.9 Å². The molecule has 0 aliphatic heterocycles. The highest BCUT2D eigenvalue weighted by atomic mass is 16.3. The zero-order chi connectivity index (χ0) is 16.0. The number of anilines is 1. The first kappa shape index (κ1) is 16.8. The lowest BCUT2D eigenvalue weighted by atomic mass is 9.97. The Balaban J connectivity index is 2.77. The lowest BCUT2D eigenvalue weighted by Gasteiger charge is -2.16. The van der Waals surface area contributed by atoms with Crippen molar-refractivity contribution in [2.75, 3.05) is 18.9 Å². The molecule has 21 heavy (non-hydrogen) atoms. The molecular formula is C16H22N2O3. The summed E-state index contributed by atoms with van der Waals surface area (Å²) in [5, 5.41) is 12.6. The Morgan fingerprint density at radius 2 is 2.14 bits per heavy atom. The molecule has 0 bridgehead atoms. The number of carbonyl (C=O) groups excluding carboxylic acids is 2. The van der Waals surface area contributed by atoms with Gasteiger partial charge >= 0.3 is 0 Å². The van der Waals surface area contributed by atoms with Crippen LogP contribution in [0.1, 0.15) is 31.7 Å². The topological polar surface area (TPSA) is 69.6 Å². The van der Waals surface area contributed by atoms with E-state index in [-0.39, 0.29) is 30.0 Å². The van der Waals surface area contributed by atoms with Crippen molar-refractivity contribution in [3.63, 3.8) is 0 Å². The zero-order valence-electron chi connectivity index (χ0n) is 12.7. The fourth-order valence-corrected chi connectivity index (χ4v) is 1.90. The van der Waals surface area contributed by atoms with Gasteiger partial charge in [-0.05, 0) is 42.2 Å². The number of nitrogens with one attached hydrogen (secondary N) is 1. The van der Waals surface area contributed by atoms with Crippen molar-refractivity contribution in [2.45, 2.75) is 26.2 Å². The Bertz CT molecular complexity index is 540. The summed E-state index contributed by atoms with van der Waals surface area (Å²) in [4.78, 5) is 24.5. The van der Waals surface area contributed by atoms with Crippen molar-refractivity contribution in [1.29, 1.82) is 0 Å². The van der Waals surface area contributed by atoms with Crippen LogP contribution in [0.25, 0.3) is 0 Å². The summed E-state index contributed by atoms with van der Waals surface area (Å²) in [5.74, 6) is -0.183. The van der Waals surface area contributed by atoms with Crippen LogP contribution >= 0.6 is 0 Å². The highest BCUT2D eigenvalue weighted by Gasteiger charge is 2.13. The fourth-order valence-electron chi connectivity index (χ4n) is 1.90. The first-order valence-corrected chi connectivity index (χ1v) is 6.89. The predicted octanol–water partition coefficient (Wildman–Crippen LogP) is 2.49. The van der Waals surface area contributed by atoms with Gasteiger partial charge in [-0.1, -0.05) is 20.4 Å². The maximum atomic E-state index is 11.9. The van der Waals surface area contributed by atoms with E-state index < -0.39 is 0 Å². The van der Waals surface area contributed by atoms with Gasteiger partial charge in [-0.3, -0.25) is 9.59 Å². The maximum Gasteiger partial charge on any atom is 0.246 e. The Morgan fingerprint density at radius 1 is 1.48 bits per heavy atom. The smallest absolute Gasteiger partial charge is 0.246 e. The lowest BCUT2D eigenvalue weighted by molar-refractivity contribution is -0.129. The first-order valence-electron chi connectivity index (χ1n) is 6.89. The molecule has 0 fully saturated rings. The number of hydrogen-bond donors (Lipinski definition) is 2. The normalized spacial score (nSPS) is 11.6. The summed E-state index contributed by atoms with van der Waals surface area (Å²) in [6.45, 7) is 7.37. The number of phenols is 1. The van der Waals surface area contributed by atoms with E-state index in [1.807, 2.05) is 13.8 Å². The van der Waals surface area contributed by atoms with Crippen LogP contribution in [0, 0.1) is 0 Å². The molecule has 1 aromatic carbocycles. The molecule has 1 aromatic rings. The van der Waals surface area contributed by atoms with Crippen molar-refractivity contribution < 1.29 is 14.7 Å². The van der Waals surface area contributed by atoms with E-state index in [9.17, 15) is 14.7 Å². The van der Waals surface area contributed by atoms with E-state index in [0.29, 0.717) is 5.69 Å². The molecule has 5 nitrogen and oxygen atoms in total. The van der Waals surface area contributed by atoms with Crippen molar-refractivity contribution in [3.05, 3.63) is 36.4 Å². The van der Waals surface area contributed by atoms with Crippen molar-refractivity contribution in [1.82, 2.24) is 4.90 Å². The molecule has 0 aromatic heterocycles. The molecule has 0 aliphatic rings. The molecule has 0 heterocycles. The van der Waals surface area contributed by atoms with E-state index in [2.05, 4.69) is 11.9 Å². The van der Waals surface area contributed by atoms with Crippen LogP contribution < -0.4 is 5.32 Å². The zero-order valence-corrected chi connectivity index (χ0v) is 12.7. The number of rotatable bonds is 6. The quantitative estimate of drug-likeness (QED) is 0.624. The van der Waals surface area contributed by atoms with Crippen LogP contribution in [0.2, 0.25) is 0 Å². The standard InChI is InChI=1S/C16H22N2O3/c1-5-11(3)13-9-12(7-8-14(13)19)17-15(20)10-18(4)16(21)6-2/h6-9,11,19H,2,5,10H2,1,3-4H3,(H,17,20). The molecule has 1 unspecified atom stereocenters. The van der Waals surface area contributed by atoms with Gasteiger partial charge in [0.05, 0.1) is 6.54 Å². The monoisotopic (exact) mass is 290 g/mol. The molecule has 0 saturated heterocycles. The Hall–Kier alpha value is -2.30. The van der Waals surface area contributed by atoms with Crippen molar-refractivity contribution in [2.24, 2.45) is 0 Å². The second kappa shape index (κ2) is 7.47. The second-order valence-electron chi connectivity index (χ2n) is 5.03. The summed E-state index contributed by atoms with van der Waals surface area (Å²) in [6, 6.07) is 4.96. The summed E-state index contributed by atoms with van der Waals surface area (Å²) in [7, 11) is 1.53. The molecule has 0 saturated carbocycles. The molecule has 0 spiro atoms. The summed E-state index contributed by atoms with van der Waals surface area (Å²) in [6.07, 6.45) is 2.05. The fraction of sp³-hybridized carbons (Fsp3) is 0.375. The summed E-state index contributed by atoms with van der Waals surface area (Å²) < 4.78 is 0. The molecule has 1 rings (SSSR count). The number of hydrogen-bond acceptors (Lipinski definition) is 3. The van der Waals surface area contributed by atoms with Crippen LogP contribution in [-0.4, -0.2) is 35.4 Å². The molecule has 5 heteroatoms. The van der Waals surface area contributed by atoms with Gasteiger partial charge < -0.3 is 15.3 Å². The molecule has 0 aliphatic carbocycles. The number of aromatic hydroxyl groups is 1. The lowest BCUT2D eigenvalue weighted by Crippen LogP contribution is -2.33. The average Bonchev–Trinajstić information content (AvgIpc) is 2.47.